The summed E-state index contributed by atoms with van der Waals surface area (Å²) in [7, 11) is 0. The summed E-state index contributed by atoms with van der Waals surface area (Å²) in [4.78, 5) is 2.81. The smallest absolute Gasteiger partial charge is 0.0218 e. The van der Waals surface area contributed by atoms with Gasteiger partial charge in [0, 0.05) is 31.7 Å². The van der Waals surface area contributed by atoms with Gasteiger partial charge < -0.3 is 5.32 Å². The van der Waals surface area contributed by atoms with Crippen LogP contribution < -0.4 is 5.32 Å². The average Bonchev–Trinajstić information content (AvgIpc) is 2.91. The molecule has 0 radical (unpaired) electrons. The van der Waals surface area contributed by atoms with Crippen molar-refractivity contribution in [3.05, 3.63) is 0 Å². The van der Waals surface area contributed by atoms with Crippen LogP contribution in [0.1, 0.15) is 39.5 Å². The standard InChI is InChI=1S/C14H26N2/c1-10(2)13-9-16(6-5-15-13)14-8-11-3-4-12(14)7-11/h10-15H,3-9H2,1-2H3. The topological polar surface area (TPSA) is 15.3 Å². The highest BCUT2D eigenvalue weighted by Gasteiger charge is 2.43. The Labute approximate surface area is 99.8 Å². The predicted octanol–water partition coefficient (Wildman–Crippen LogP) is 2.10. The van der Waals surface area contributed by atoms with Crippen molar-refractivity contribution >= 4 is 0 Å². The van der Waals surface area contributed by atoms with E-state index in [4.69, 9.17) is 0 Å². The zero-order valence-electron chi connectivity index (χ0n) is 10.8. The zero-order valence-corrected chi connectivity index (χ0v) is 10.8. The van der Waals surface area contributed by atoms with Crippen molar-refractivity contribution in [2.24, 2.45) is 17.8 Å². The molecule has 0 aromatic rings. The monoisotopic (exact) mass is 222 g/mol. The van der Waals surface area contributed by atoms with Crippen molar-refractivity contribution in [1.82, 2.24) is 10.2 Å². The third-order valence-electron chi connectivity index (χ3n) is 5.21. The van der Waals surface area contributed by atoms with Crippen LogP contribution in [0.3, 0.4) is 0 Å². The fourth-order valence-corrected chi connectivity index (χ4v) is 4.21. The molecule has 3 fully saturated rings. The number of hydrogen-bond donors (Lipinski definition) is 1. The third kappa shape index (κ3) is 1.91. The highest BCUT2D eigenvalue weighted by atomic mass is 15.2. The maximum atomic E-state index is 3.67. The molecule has 1 aliphatic heterocycles. The molecule has 3 aliphatic rings. The van der Waals surface area contributed by atoms with E-state index in [1.807, 2.05) is 0 Å². The van der Waals surface area contributed by atoms with Crippen molar-refractivity contribution in [3.8, 4) is 0 Å². The lowest BCUT2D eigenvalue weighted by Gasteiger charge is -2.42. The summed E-state index contributed by atoms with van der Waals surface area (Å²) in [5.74, 6) is 2.92. The Balaban J connectivity index is 1.62. The van der Waals surface area contributed by atoms with Gasteiger partial charge in [0.1, 0.15) is 0 Å². The Bertz CT molecular complexity index is 251. The van der Waals surface area contributed by atoms with Crippen molar-refractivity contribution in [3.63, 3.8) is 0 Å². The molecule has 0 aromatic carbocycles. The summed E-state index contributed by atoms with van der Waals surface area (Å²) in [6, 6.07) is 1.68. The van der Waals surface area contributed by atoms with E-state index in [2.05, 4.69) is 24.1 Å². The Morgan fingerprint density at radius 1 is 1.19 bits per heavy atom. The summed E-state index contributed by atoms with van der Waals surface area (Å²) in [6.07, 6.45) is 6.10. The summed E-state index contributed by atoms with van der Waals surface area (Å²) in [5, 5.41) is 3.67. The molecule has 3 rings (SSSR count). The first-order valence-corrected chi connectivity index (χ1v) is 7.21. The molecule has 4 atom stereocenters. The highest BCUT2D eigenvalue weighted by molar-refractivity contribution is 4.97. The molecule has 2 bridgehead atoms. The molecular formula is C14H26N2. The Kier molecular flexibility index (Phi) is 2.97. The molecule has 0 spiro atoms. The minimum absolute atomic E-state index is 0.730. The van der Waals surface area contributed by atoms with Crippen LogP contribution in [-0.4, -0.2) is 36.6 Å². The fraction of sp³-hybridized carbons (Fsp3) is 1.00. The zero-order chi connectivity index (χ0) is 11.1. The molecular weight excluding hydrogens is 196 g/mol. The second-order valence-corrected chi connectivity index (χ2v) is 6.54. The second-order valence-electron chi connectivity index (χ2n) is 6.54. The van der Waals surface area contributed by atoms with Gasteiger partial charge in [-0.3, -0.25) is 4.90 Å². The van der Waals surface area contributed by atoms with Crippen molar-refractivity contribution in [1.29, 1.82) is 0 Å². The summed E-state index contributed by atoms with van der Waals surface area (Å²) in [5.41, 5.74) is 0. The number of piperazine rings is 1. The maximum Gasteiger partial charge on any atom is 0.0218 e. The number of rotatable bonds is 2. The quantitative estimate of drug-likeness (QED) is 0.770. The lowest BCUT2D eigenvalue weighted by Crippen LogP contribution is -2.56. The van der Waals surface area contributed by atoms with Gasteiger partial charge in [-0.15, -0.1) is 0 Å². The van der Waals surface area contributed by atoms with Gasteiger partial charge in [-0.1, -0.05) is 20.3 Å². The number of fused-ring (bicyclic) bond motifs is 2. The Morgan fingerprint density at radius 2 is 2.06 bits per heavy atom. The molecule has 1 N–H and O–H groups in total. The van der Waals surface area contributed by atoms with Crippen LogP contribution in [0.2, 0.25) is 0 Å². The van der Waals surface area contributed by atoms with Gasteiger partial charge in [0.05, 0.1) is 0 Å². The molecule has 16 heavy (non-hydrogen) atoms. The van der Waals surface area contributed by atoms with Gasteiger partial charge in [-0.2, -0.15) is 0 Å². The van der Waals surface area contributed by atoms with Gasteiger partial charge in [0.15, 0.2) is 0 Å². The summed E-state index contributed by atoms with van der Waals surface area (Å²) in [6.45, 7) is 8.49. The van der Waals surface area contributed by atoms with Crippen molar-refractivity contribution in [2.45, 2.75) is 51.6 Å². The molecule has 1 heterocycles. The van der Waals surface area contributed by atoms with Gasteiger partial charge >= 0.3 is 0 Å². The van der Waals surface area contributed by atoms with Gasteiger partial charge in [0.25, 0.3) is 0 Å². The van der Waals surface area contributed by atoms with Crippen LogP contribution in [0.15, 0.2) is 0 Å². The Morgan fingerprint density at radius 3 is 2.69 bits per heavy atom. The van der Waals surface area contributed by atoms with Crippen LogP contribution >= 0.6 is 0 Å². The van der Waals surface area contributed by atoms with Gasteiger partial charge in [0.2, 0.25) is 0 Å². The van der Waals surface area contributed by atoms with E-state index < -0.39 is 0 Å². The van der Waals surface area contributed by atoms with Gasteiger partial charge in [-0.05, 0) is 37.0 Å². The average molecular weight is 222 g/mol. The first-order chi connectivity index (χ1) is 7.74. The minimum Gasteiger partial charge on any atom is -0.311 e. The lowest BCUT2D eigenvalue weighted by molar-refractivity contribution is 0.0929. The largest absolute Gasteiger partial charge is 0.311 e. The highest BCUT2D eigenvalue weighted by Crippen LogP contribution is 2.46. The van der Waals surface area contributed by atoms with E-state index in [0.717, 1.165) is 29.8 Å². The molecule has 0 aromatic heterocycles. The van der Waals surface area contributed by atoms with E-state index in [0.29, 0.717) is 0 Å². The molecule has 2 saturated carbocycles. The molecule has 1 saturated heterocycles. The van der Waals surface area contributed by atoms with Crippen molar-refractivity contribution in [2.75, 3.05) is 19.6 Å². The van der Waals surface area contributed by atoms with E-state index in [1.54, 1.807) is 6.42 Å². The van der Waals surface area contributed by atoms with Gasteiger partial charge in [-0.25, -0.2) is 0 Å². The van der Waals surface area contributed by atoms with E-state index in [9.17, 15) is 0 Å². The van der Waals surface area contributed by atoms with E-state index >= 15 is 0 Å². The molecule has 4 unspecified atom stereocenters. The number of nitrogens with one attached hydrogen (secondary N) is 1. The lowest BCUT2D eigenvalue weighted by atomic mass is 9.92. The molecule has 92 valence electrons. The SMILES string of the molecule is CC(C)C1CN(C2CC3CCC2C3)CCN1. The molecule has 0 amide bonds. The Hall–Kier alpha value is -0.0800. The first kappa shape index (κ1) is 11.0. The van der Waals surface area contributed by atoms with Crippen LogP contribution in [-0.2, 0) is 0 Å². The second kappa shape index (κ2) is 4.30. The third-order valence-corrected chi connectivity index (χ3v) is 5.21. The fourth-order valence-electron chi connectivity index (χ4n) is 4.21. The minimum atomic E-state index is 0.730. The predicted molar refractivity (Wildman–Crippen MR) is 67.4 cm³/mol. The van der Waals surface area contributed by atoms with Crippen molar-refractivity contribution < 1.29 is 0 Å². The molecule has 2 heteroatoms. The first-order valence-electron chi connectivity index (χ1n) is 7.21. The normalized spacial score (nSPS) is 44.4. The number of hydrogen-bond acceptors (Lipinski definition) is 2. The van der Waals surface area contributed by atoms with Crippen LogP contribution in [0.25, 0.3) is 0 Å². The molecule has 2 nitrogen and oxygen atoms in total. The van der Waals surface area contributed by atoms with E-state index in [-0.39, 0.29) is 0 Å². The van der Waals surface area contributed by atoms with Crippen LogP contribution in [0, 0.1) is 17.8 Å². The summed E-state index contributed by atoms with van der Waals surface area (Å²) >= 11 is 0. The maximum absolute atomic E-state index is 3.67. The molecule has 2 aliphatic carbocycles. The van der Waals surface area contributed by atoms with Crippen LogP contribution in [0.4, 0.5) is 0 Å². The van der Waals surface area contributed by atoms with Crippen LogP contribution in [0.5, 0.6) is 0 Å². The summed E-state index contributed by atoms with van der Waals surface area (Å²) < 4.78 is 0. The van der Waals surface area contributed by atoms with E-state index in [1.165, 1.54) is 38.9 Å². The number of nitrogens with zero attached hydrogens (tertiary/aromatic N) is 1.